The molecule has 1 heterocycles. The van der Waals surface area contributed by atoms with Crippen LogP contribution in [0.5, 0.6) is 0 Å². The lowest BCUT2D eigenvalue weighted by Crippen LogP contribution is -2.21. The maximum absolute atomic E-state index is 11.7. The molecule has 1 saturated heterocycles. The van der Waals surface area contributed by atoms with Gasteiger partial charge >= 0.3 is 0 Å². The van der Waals surface area contributed by atoms with Crippen LogP contribution in [0.1, 0.15) is 18.4 Å². The quantitative estimate of drug-likeness (QED) is 0.473. The summed E-state index contributed by atoms with van der Waals surface area (Å²) < 4.78 is 22.6. The van der Waals surface area contributed by atoms with Gasteiger partial charge in [-0.05, 0) is 30.6 Å². The Kier molecular flexibility index (Phi) is 5.80. The minimum atomic E-state index is -3.00. The molecule has 0 radical (unpaired) electrons. The normalized spacial score (nSPS) is 19.8. The second-order valence-electron chi connectivity index (χ2n) is 5.46. The highest BCUT2D eigenvalue weighted by Crippen LogP contribution is 2.21. The number of amides is 1. The molecular formula is C15H17N3O5S. The van der Waals surface area contributed by atoms with E-state index < -0.39 is 14.8 Å². The van der Waals surface area contributed by atoms with Crippen molar-refractivity contribution in [2.45, 2.75) is 12.8 Å². The Morgan fingerprint density at radius 1 is 1.42 bits per heavy atom. The summed E-state index contributed by atoms with van der Waals surface area (Å²) >= 11 is 0. The van der Waals surface area contributed by atoms with E-state index in [1.54, 1.807) is 18.2 Å². The van der Waals surface area contributed by atoms with Crippen molar-refractivity contribution in [1.29, 1.82) is 0 Å². The fourth-order valence-corrected chi connectivity index (χ4v) is 4.30. The van der Waals surface area contributed by atoms with Crippen molar-refractivity contribution >= 4 is 33.7 Å². The topological polar surface area (TPSA) is 119 Å². The molecule has 1 aromatic carbocycles. The van der Waals surface area contributed by atoms with Gasteiger partial charge in [0, 0.05) is 18.7 Å². The van der Waals surface area contributed by atoms with Crippen molar-refractivity contribution < 1.29 is 18.1 Å². The van der Waals surface area contributed by atoms with Crippen LogP contribution in [-0.4, -0.2) is 37.0 Å². The zero-order valence-electron chi connectivity index (χ0n) is 12.8. The number of rotatable bonds is 6. The lowest BCUT2D eigenvalue weighted by atomic mass is 10.1. The van der Waals surface area contributed by atoms with Crippen LogP contribution in [-0.2, 0) is 14.6 Å². The van der Waals surface area contributed by atoms with Crippen LogP contribution in [0.4, 0.5) is 5.69 Å². The predicted molar refractivity (Wildman–Crippen MR) is 90.1 cm³/mol. The van der Waals surface area contributed by atoms with E-state index in [-0.39, 0.29) is 35.4 Å². The Bertz CT molecular complexity index is 786. The Balaban J connectivity index is 1.82. The van der Waals surface area contributed by atoms with E-state index in [0.29, 0.717) is 12.0 Å². The van der Waals surface area contributed by atoms with Crippen molar-refractivity contribution in [2.24, 2.45) is 11.0 Å². The zero-order chi connectivity index (χ0) is 17.6. The van der Waals surface area contributed by atoms with Crippen LogP contribution in [0.25, 0.3) is 6.08 Å². The lowest BCUT2D eigenvalue weighted by Gasteiger charge is -2.04. The average Bonchev–Trinajstić information content (AvgIpc) is 2.86. The highest BCUT2D eigenvalue weighted by atomic mass is 32.2. The van der Waals surface area contributed by atoms with E-state index in [1.807, 2.05) is 0 Å². The minimum absolute atomic E-state index is 0.0198. The van der Waals surface area contributed by atoms with E-state index >= 15 is 0 Å². The minimum Gasteiger partial charge on any atom is -0.273 e. The largest absolute Gasteiger partial charge is 0.276 e. The highest BCUT2D eigenvalue weighted by molar-refractivity contribution is 7.91. The summed E-state index contributed by atoms with van der Waals surface area (Å²) in [6.07, 6.45) is 4.90. The smallest absolute Gasteiger partial charge is 0.273 e. The van der Waals surface area contributed by atoms with E-state index in [9.17, 15) is 23.3 Å². The second kappa shape index (κ2) is 7.82. The van der Waals surface area contributed by atoms with Crippen LogP contribution >= 0.6 is 0 Å². The SMILES string of the molecule is O=C(C[C@H]1CCS(=O)(=O)C1)N/N=C\C=C\c1ccccc1[N+](=O)[O-]. The number of nitrogens with one attached hydrogen (secondary N) is 1. The molecule has 0 spiro atoms. The number of nitrogens with zero attached hydrogens (tertiary/aromatic N) is 2. The first-order valence-corrected chi connectivity index (χ1v) is 9.12. The van der Waals surface area contributed by atoms with Crippen molar-refractivity contribution in [3.8, 4) is 0 Å². The predicted octanol–water partition coefficient (Wildman–Crippen LogP) is 1.53. The molecule has 1 atom stereocenters. The molecule has 8 nitrogen and oxygen atoms in total. The molecule has 9 heteroatoms. The fourth-order valence-electron chi connectivity index (χ4n) is 2.43. The van der Waals surface area contributed by atoms with Crippen molar-refractivity contribution in [3.63, 3.8) is 0 Å². The number of allylic oxidation sites excluding steroid dienone is 1. The standard InChI is InChI=1S/C15H17N3O5S/c19-15(10-12-7-9-24(22,23)11-12)17-16-8-3-5-13-4-1-2-6-14(13)18(20)21/h1-6,8,12H,7,9-11H2,(H,17,19)/b5-3+,16-8-/t12-/m1/s1. The van der Waals surface area contributed by atoms with Crippen molar-refractivity contribution in [3.05, 3.63) is 46.0 Å². The first-order chi connectivity index (χ1) is 11.4. The van der Waals surface area contributed by atoms with Gasteiger partial charge in [-0.25, -0.2) is 13.8 Å². The molecule has 1 aliphatic heterocycles. The zero-order valence-corrected chi connectivity index (χ0v) is 13.6. The number of carbonyl (C=O) groups excluding carboxylic acids is 1. The van der Waals surface area contributed by atoms with Gasteiger partial charge in [0.05, 0.1) is 22.0 Å². The van der Waals surface area contributed by atoms with Crippen LogP contribution in [0.3, 0.4) is 0 Å². The first kappa shape index (κ1) is 17.8. The highest BCUT2D eigenvalue weighted by Gasteiger charge is 2.29. The summed E-state index contributed by atoms with van der Waals surface area (Å²) in [4.78, 5) is 22.0. The molecule has 0 saturated carbocycles. The molecule has 1 amide bonds. The fraction of sp³-hybridized carbons (Fsp3) is 0.333. The Morgan fingerprint density at radius 2 is 2.17 bits per heavy atom. The Hall–Kier alpha value is -2.55. The first-order valence-electron chi connectivity index (χ1n) is 7.30. The number of sulfone groups is 1. The summed E-state index contributed by atoms with van der Waals surface area (Å²) in [5, 5.41) is 14.6. The molecule has 1 aliphatic rings. The third-order valence-electron chi connectivity index (χ3n) is 3.56. The molecule has 0 unspecified atom stereocenters. The Labute approximate surface area is 139 Å². The van der Waals surface area contributed by atoms with E-state index in [1.165, 1.54) is 24.4 Å². The lowest BCUT2D eigenvalue weighted by molar-refractivity contribution is -0.385. The van der Waals surface area contributed by atoms with Gasteiger partial charge in [0.25, 0.3) is 5.69 Å². The number of para-hydroxylation sites is 1. The number of nitro groups is 1. The van der Waals surface area contributed by atoms with Gasteiger partial charge in [-0.3, -0.25) is 14.9 Å². The average molecular weight is 351 g/mol. The van der Waals surface area contributed by atoms with E-state index in [2.05, 4.69) is 10.5 Å². The molecule has 1 N–H and O–H groups in total. The molecule has 24 heavy (non-hydrogen) atoms. The second-order valence-corrected chi connectivity index (χ2v) is 7.69. The molecule has 0 aromatic heterocycles. The van der Waals surface area contributed by atoms with Crippen LogP contribution in [0.2, 0.25) is 0 Å². The van der Waals surface area contributed by atoms with E-state index in [4.69, 9.17) is 0 Å². The summed E-state index contributed by atoms with van der Waals surface area (Å²) in [7, 11) is -3.00. The van der Waals surface area contributed by atoms with Crippen LogP contribution in [0, 0.1) is 16.0 Å². The number of benzene rings is 1. The molecule has 0 aliphatic carbocycles. The molecule has 2 rings (SSSR count). The van der Waals surface area contributed by atoms with Crippen LogP contribution in [0.15, 0.2) is 35.4 Å². The van der Waals surface area contributed by atoms with Gasteiger partial charge in [0.1, 0.15) is 0 Å². The Morgan fingerprint density at radius 3 is 2.83 bits per heavy atom. The summed E-state index contributed by atoms with van der Waals surface area (Å²) in [6, 6.07) is 6.25. The van der Waals surface area contributed by atoms with Crippen molar-refractivity contribution in [1.82, 2.24) is 5.43 Å². The van der Waals surface area contributed by atoms with Gasteiger partial charge in [-0.2, -0.15) is 5.10 Å². The molecule has 128 valence electrons. The number of hydrazone groups is 1. The van der Waals surface area contributed by atoms with Gasteiger partial charge in [0.15, 0.2) is 9.84 Å². The number of carbonyl (C=O) groups is 1. The third kappa shape index (κ3) is 5.27. The maximum Gasteiger partial charge on any atom is 0.276 e. The molecular weight excluding hydrogens is 334 g/mol. The van der Waals surface area contributed by atoms with Gasteiger partial charge in [0.2, 0.25) is 5.91 Å². The van der Waals surface area contributed by atoms with Gasteiger partial charge in [-0.1, -0.05) is 12.1 Å². The van der Waals surface area contributed by atoms with Gasteiger partial charge < -0.3 is 0 Å². The maximum atomic E-state index is 11.7. The third-order valence-corrected chi connectivity index (χ3v) is 5.40. The van der Waals surface area contributed by atoms with Crippen molar-refractivity contribution in [2.75, 3.05) is 11.5 Å². The summed E-state index contributed by atoms with van der Waals surface area (Å²) in [6.45, 7) is 0. The summed E-state index contributed by atoms with van der Waals surface area (Å²) in [5.74, 6) is -0.339. The summed E-state index contributed by atoms with van der Waals surface area (Å²) in [5.41, 5.74) is 2.72. The monoisotopic (exact) mass is 351 g/mol. The van der Waals surface area contributed by atoms with Crippen LogP contribution < -0.4 is 5.43 Å². The molecule has 0 bridgehead atoms. The molecule has 1 fully saturated rings. The number of hydrogen-bond acceptors (Lipinski definition) is 6. The van der Waals surface area contributed by atoms with E-state index in [0.717, 1.165) is 0 Å². The number of nitro benzene ring substituents is 1. The number of hydrogen-bond donors (Lipinski definition) is 1. The molecule has 1 aromatic rings. The van der Waals surface area contributed by atoms with Gasteiger partial charge in [-0.15, -0.1) is 0 Å².